The predicted molar refractivity (Wildman–Crippen MR) is 80.4 cm³/mol. The summed E-state index contributed by atoms with van der Waals surface area (Å²) in [5, 5.41) is 2.75. The zero-order chi connectivity index (χ0) is 15.1. The molecule has 2 amide bonds. The van der Waals surface area contributed by atoms with Crippen molar-refractivity contribution in [2.75, 3.05) is 26.2 Å². The lowest BCUT2D eigenvalue weighted by atomic mass is 9.97. The Bertz CT molecular complexity index is 319. The first kappa shape index (κ1) is 17.0. The van der Waals surface area contributed by atoms with E-state index >= 15 is 0 Å². The Morgan fingerprint density at radius 2 is 1.70 bits per heavy atom. The normalized spacial score (nSPS) is 22.9. The van der Waals surface area contributed by atoms with Crippen LogP contribution in [0.4, 0.5) is 0 Å². The molecule has 0 aliphatic carbocycles. The van der Waals surface area contributed by atoms with Gasteiger partial charge in [0, 0.05) is 25.2 Å². The number of likely N-dealkylation sites (N-methyl/N-ethyl adjacent to an activating group) is 1. The number of piperidine rings is 1. The first-order valence-corrected chi connectivity index (χ1v) is 7.84. The van der Waals surface area contributed by atoms with Crippen molar-refractivity contribution in [3.8, 4) is 0 Å². The van der Waals surface area contributed by atoms with Gasteiger partial charge in [-0.3, -0.25) is 9.59 Å². The second-order valence-electron chi connectivity index (χ2n) is 5.62. The molecule has 0 aromatic rings. The number of carbonyl (C=O) groups is 2. The third-order valence-corrected chi connectivity index (χ3v) is 4.23. The second-order valence-corrected chi connectivity index (χ2v) is 5.62. The summed E-state index contributed by atoms with van der Waals surface area (Å²) in [6, 6.07) is 0.333. The van der Waals surface area contributed by atoms with Crippen molar-refractivity contribution in [1.82, 2.24) is 15.1 Å². The zero-order valence-electron chi connectivity index (χ0n) is 13.3. The average Bonchev–Trinajstić information content (AvgIpc) is 2.43. The van der Waals surface area contributed by atoms with Crippen LogP contribution in [-0.2, 0) is 9.59 Å². The van der Waals surface area contributed by atoms with Crippen LogP contribution < -0.4 is 5.32 Å². The highest BCUT2D eigenvalue weighted by atomic mass is 16.2. The van der Waals surface area contributed by atoms with Gasteiger partial charge in [0.2, 0.25) is 0 Å². The first-order chi connectivity index (χ1) is 9.51. The maximum atomic E-state index is 12.2. The molecule has 2 unspecified atom stereocenters. The maximum Gasteiger partial charge on any atom is 0.312 e. The van der Waals surface area contributed by atoms with Gasteiger partial charge < -0.3 is 15.1 Å². The predicted octanol–water partition coefficient (Wildman–Crippen LogP) is 1.23. The van der Waals surface area contributed by atoms with E-state index in [9.17, 15) is 9.59 Å². The Morgan fingerprint density at radius 1 is 1.15 bits per heavy atom. The van der Waals surface area contributed by atoms with Crippen molar-refractivity contribution >= 4 is 11.8 Å². The van der Waals surface area contributed by atoms with Gasteiger partial charge in [-0.1, -0.05) is 13.8 Å². The zero-order valence-corrected chi connectivity index (χ0v) is 13.3. The molecule has 0 spiro atoms. The molecule has 1 saturated heterocycles. The van der Waals surface area contributed by atoms with Gasteiger partial charge in [-0.05, 0) is 46.2 Å². The molecule has 0 saturated carbocycles. The van der Waals surface area contributed by atoms with Crippen LogP contribution in [0.15, 0.2) is 0 Å². The molecule has 0 aromatic carbocycles. The monoisotopic (exact) mass is 283 g/mol. The van der Waals surface area contributed by atoms with Gasteiger partial charge in [0.05, 0.1) is 0 Å². The molecule has 0 bridgehead atoms. The van der Waals surface area contributed by atoms with Gasteiger partial charge in [0.25, 0.3) is 0 Å². The highest BCUT2D eigenvalue weighted by Crippen LogP contribution is 2.22. The lowest BCUT2D eigenvalue weighted by Gasteiger charge is -2.38. The minimum Gasteiger partial charge on any atom is -0.347 e. The molecule has 1 fully saturated rings. The van der Waals surface area contributed by atoms with E-state index in [0.717, 1.165) is 38.9 Å². The third-order valence-electron chi connectivity index (χ3n) is 4.23. The molecule has 1 rings (SSSR count). The summed E-state index contributed by atoms with van der Waals surface area (Å²) in [5.74, 6) is -0.831. The van der Waals surface area contributed by atoms with Crippen molar-refractivity contribution < 1.29 is 9.59 Å². The van der Waals surface area contributed by atoms with Gasteiger partial charge in [0.15, 0.2) is 0 Å². The molecular weight excluding hydrogens is 254 g/mol. The highest BCUT2D eigenvalue weighted by Gasteiger charge is 2.32. The largest absolute Gasteiger partial charge is 0.347 e. The van der Waals surface area contributed by atoms with Crippen LogP contribution in [0.5, 0.6) is 0 Å². The quantitative estimate of drug-likeness (QED) is 0.772. The topological polar surface area (TPSA) is 52.7 Å². The Morgan fingerprint density at radius 3 is 2.20 bits per heavy atom. The van der Waals surface area contributed by atoms with E-state index in [1.807, 2.05) is 13.8 Å². The molecule has 1 N–H and O–H groups in total. The molecule has 5 heteroatoms. The number of rotatable bonds is 5. The molecule has 1 aliphatic heterocycles. The van der Waals surface area contributed by atoms with Crippen LogP contribution in [-0.4, -0.2) is 59.9 Å². The second kappa shape index (κ2) is 8.25. The lowest BCUT2D eigenvalue weighted by molar-refractivity contribution is -0.150. The summed E-state index contributed by atoms with van der Waals surface area (Å²) in [7, 11) is 0. The minimum atomic E-state index is -0.460. The number of hydrogen-bond acceptors (Lipinski definition) is 3. The Hall–Kier alpha value is -1.10. The number of amides is 2. The highest BCUT2D eigenvalue weighted by molar-refractivity contribution is 6.35. The van der Waals surface area contributed by atoms with Crippen LogP contribution in [0, 0.1) is 0 Å². The van der Waals surface area contributed by atoms with E-state index in [2.05, 4.69) is 24.1 Å². The van der Waals surface area contributed by atoms with E-state index < -0.39 is 5.91 Å². The number of carbonyl (C=O) groups excluding carboxylic acids is 2. The summed E-state index contributed by atoms with van der Waals surface area (Å²) < 4.78 is 0. The molecule has 2 atom stereocenters. The van der Waals surface area contributed by atoms with Crippen molar-refractivity contribution in [3.63, 3.8) is 0 Å². The summed E-state index contributed by atoms with van der Waals surface area (Å²) in [6.45, 7) is 11.5. The van der Waals surface area contributed by atoms with E-state index in [-0.39, 0.29) is 18.0 Å². The van der Waals surface area contributed by atoms with Gasteiger partial charge in [-0.25, -0.2) is 0 Å². The number of likely N-dealkylation sites (tertiary alicyclic amines) is 1. The first-order valence-electron chi connectivity index (χ1n) is 7.84. The number of hydrogen-bond donors (Lipinski definition) is 1. The van der Waals surface area contributed by atoms with E-state index in [4.69, 9.17) is 0 Å². The van der Waals surface area contributed by atoms with E-state index in [0.29, 0.717) is 6.54 Å². The van der Waals surface area contributed by atoms with Crippen LogP contribution >= 0.6 is 0 Å². The molecule has 1 aliphatic rings. The summed E-state index contributed by atoms with van der Waals surface area (Å²) in [5.41, 5.74) is 0. The van der Waals surface area contributed by atoms with E-state index in [1.165, 1.54) is 0 Å². The van der Waals surface area contributed by atoms with E-state index in [1.54, 1.807) is 4.90 Å². The smallest absolute Gasteiger partial charge is 0.312 e. The number of nitrogens with zero attached hydrogens (tertiary/aromatic N) is 2. The fourth-order valence-corrected chi connectivity index (χ4v) is 2.88. The SMILES string of the molecule is CCN(CC)CCNC(=O)C(=O)N1C(C)CCCC1C. The van der Waals surface area contributed by atoms with Crippen LogP contribution in [0.1, 0.15) is 47.0 Å². The minimum absolute atomic E-state index is 0.166. The summed E-state index contributed by atoms with van der Waals surface area (Å²) >= 11 is 0. The Kier molecular flexibility index (Phi) is 6.99. The fraction of sp³-hybridized carbons (Fsp3) is 0.867. The summed E-state index contributed by atoms with van der Waals surface area (Å²) in [6.07, 6.45) is 3.11. The molecule has 0 aromatic heterocycles. The van der Waals surface area contributed by atoms with Gasteiger partial charge in [-0.2, -0.15) is 0 Å². The fourth-order valence-electron chi connectivity index (χ4n) is 2.88. The molecule has 20 heavy (non-hydrogen) atoms. The molecule has 0 radical (unpaired) electrons. The Labute approximate surface area is 122 Å². The lowest BCUT2D eigenvalue weighted by Crippen LogP contribution is -2.53. The van der Waals surface area contributed by atoms with Crippen LogP contribution in [0.3, 0.4) is 0 Å². The standard InChI is InChI=1S/C15H29N3O2/c1-5-17(6-2)11-10-16-14(19)15(20)18-12(3)8-7-9-13(18)4/h12-13H,5-11H2,1-4H3,(H,16,19). The maximum absolute atomic E-state index is 12.2. The average molecular weight is 283 g/mol. The van der Waals surface area contributed by atoms with Crippen molar-refractivity contribution in [2.24, 2.45) is 0 Å². The molecule has 1 heterocycles. The van der Waals surface area contributed by atoms with Gasteiger partial charge in [0.1, 0.15) is 0 Å². The third kappa shape index (κ3) is 4.47. The van der Waals surface area contributed by atoms with Gasteiger partial charge >= 0.3 is 11.8 Å². The van der Waals surface area contributed by atoms with Crippen LogP contribution in [0.2, 0.25) is 0 Å². The summed E-state index contributed by atoms with van der Waals surface area (Å²) in [4.78, 5) is 28.2. The Balaban J connectivity index is 2.44. The molecular formula is C15H29N3O2. The van der Waals surface area contributed by atoms with Gasteiger partial charge in [-0.15, -0.1) is 0 Å². The molecule has 116 valence electrons. The molecule has 5 nitrogen and oxygen atoms in total. The van der Waals surface area contributed by atoms with Crippen LogP contribution in [0.25, 0.3) is 0 Å². The number of nitrogens with one attached hydrogen (secondary N) is 1. The van der Waals surface area contributed by atoms with Crippen molar-refractivity contribution in [3.05, 3.63) is 0 Å². The van der Waals surface area contributed by atoms with Crippen molar-refractivity contribution in [2.45, 2.75) is 59.0 Å². The van der Waals surface area contributed by atoms with Crippen molar-refractivity contribution in [1.29, 1.82) is 0 Å².